The van der Waals surface area contributed by atoms with E-state index in [4.69, 9.17) is 4.74 Å². The Balaban J connectivity index is 1.52. The van der Waals surface area contributed by atoms with E-state index in [1.165, 1.54) is 12.8 Å². The van der Waals surface area contributed by atoms with Gasteiger partial charge in [-0.2, -0.15) is 0 Å². The van der Waals surface area contributed by atoms with E-state index in [1.54, 1.807) is 0 Å². The van der Waals surface area contributed by atoms with Crippen LogP contribution in [0.4, 0.5) is 0 Å². The lowest BCUT2D eigenvalue weighted by atomic mass is 9.91. The van der Waals surface area contributed by atoms with Gasteiger partial charge in [0, 0.05) is 25.6 Å². The standard InChI is InChI=1S/C16H28N2O2/c1-2-10-20-13-4-3-9-18(12-13)15(19)14-11-16(14)5-7-17-8-6-16/h13-14,17H,2-12H2,1H3. The number of ether oxygens (including phenoxy) is 1. The molecule has 3 rings (SSSR count). The Kier molecular flexibility index (Phi) is 4.32. The van der Waals surface area contributed by atoms with Crippen molar-refractivity contribution in [1.29, 1.82) is 0 Å². The molecule has 0 bridgehead atoms. The summed E-state index contributed by atoms with van der Waals surface area (Å²) in [5, 5.41) is 3.40. The van der Waals surface area contributed by atoms with Gasteiger partial charge in [0.15, 0.2) is 0 Å². The van der Waals surface area contributed by atoms with Crippen LogP contribution in [0.15, 0.2) is 0 Å². The van der Waals surface area contributed by atoms with Gasteiger partial charge in [-0.3, -0.25) is 4.79 Å². The van der Waals surface area contributed by atoms with Crippen molar-refractivity contribution in [3.63, 3.8) is 0 Å². The second-order valence-corrected chi connectivity index (χ2v) is 6.79. The van der Waals surface area contributed by atoms with E-state index >= 15 is 0 Å². The Morgan fingerprint density at radius 3 is 2.95 bits per heavy atom. The maximum Gasteiger partial charge on any atom is 0.226 e. The number of rotatable bonds is 4. The van der Waals surface area contributed by atoms with Gasteiger partial charge in [0.05, 0.1) is 6.10 Å². The van der Waals surface area contributed by atoms with Crippen molar-refractivity contribution in [2.24, 2.45) is 11.3 Å². The third-order valence-electron chi connectivity index (χ3n) is 5.33. The van der Waals surface area contributed by atoms with Crippen molar-refractivity contribution in [2.45, 2.75) is 51.6 Å². The molecule has 2 aliphatic heterocycles. The van der Waals surface area contributed by atoms with Crippen molar-refractivity contribution in [1.82, 2.24) is 10.2 Å². The number of likely N-dealkylation sites (tertiary alicyclic amines) is 1. The smallest absolute Gasteiger partial charge is 0.226 e. The summed E-state index contributed by atoms with van der Waals surface area (Å²) < 4.78 is 5.85. The zero-order chi connectivity index (χ0) is 14.0. The molecule has 1 N–H and O–H groups in total. The molecule has 2 atom stereocenters. The monoisotopic (exact) mass is 280 g/mol. The van der Waals surface area contributed by atoms with Crippen molar-refractivity contribution in [3.8, 4) is 0 Å². The molecule has 20 heavy (non-hydrogen) atoms. The third-order valence-corrected chi connectivity index (χ3v) is 5.33. The fourth-order valence-corrected chi connectivity index (χ4v) is 3.95. The maximum atomic E-state index is 12.7. The molecule has 1 aliphatic carbocycles. The molecule has 2 heterocycles. The summed E-state index contributed by atoms with van der Waals surface area (Å²) in [6.45, 7) is 6.90. The van der Waals surface area contributed by atoms with Crippen LogP contribution in [0.3, 0.4) is 0 Å². The number of hydrogen-bond acceptors (Lipinski definition) is 3. The number of hydrogen-bond donors (Lipinski definition) is 1. The lowest BCUT2D eigenvalue weighted by Crippen LogP contribution is -2.45. The summed E-state index contributed by atoms with van der Waals surface area (Å²) in [7, 11) is 0. The van der Waals surface area contributed by atoms with Gasteiger partial charge in [-0.15, -0.1) is 0 Å². The fraction of sp³-hybridized carbons (Fsp3) is 0.938. The highest BCUT2D eigenvalue weighted by Gasteiger charge is 2.58. The first-order valence-electron chi connectivity index (χ1n) is 8.36. The van der Waals surface area contributed by atoms with E-state index in [2.05, 4.69) is 17.1 Å². The number of nitrogens with one attached hydrogen (secondary N) is 1. The molecule has 3 aliphatic rings. The Labute approximate surface area is 122 Å². The van der Waals surface area contributed by atoms with Gasteiger partial charge >= 0.3 is 0 Å². The van der Waals surface area contributed by atoms with Gasteiger partial charge in [0.2, 0.25) is 5.91 Å². The molecule has 3 fully saturated rings. The molecule has 1 saturated carbocycles. The van der Waals surface area contributed by atoms with Gasteiger partial charge in [0.25, 0.3) is 0 Å². The lowest BCUT2D eigenvalue weighted by molar-refractivity contribution is -0.137. The average Bonchev–Trinajstić information content (AvgIpc) is 3.18. The van der Waals surface area contributed by atoms with Crippen LogP contribution in [0.1, 0.15) is 45.4 Å². The largest absolute Gasteiger partial charge is 0.376 e. The molecule has 1 amide bonds. The van der Waals surface area contributed by atoms with E-state index in [-0.39, 0.29) is 6.10 Å². The van der Waals surface area contributed by atoms with E-state index in [0.29, 0.717) is 17.2 Å². The summed E-state index contributed by atoms with van der Waals surface area (Å²) in [5.41, 5.74) is 0.361. The molecular weight excluding hydrogens is 252 g/mol. The zero-order valence-electron chi connectivity index (χ0n) is 12.7. The topological polar surface area (TPSA) is 41.6 Å². The van der Waals surface area contributed by atoms with E-state index < -0.39 is 0 Å². The minimum Gasteiger partial charge on any atom is -0.376 e. The minimum atomic E-state index is 0.273. The number of carbonyl (C=O) groups is 1. The average molecular weight is 280 g/mol. The van der Waals surface area contributed by atoms with Crippen LogP contribution in [0, 0.1) is 11.3 Å². The molecule has 1 spiro atoms. The predicted octanol–water partition coefficient (Wildman–Crippen LogP) is 1.79. The van der Waals surface area contributed by atoms with Crippen LogP contribution >= 0.6 is 0 Å². The molecule has 0 aromatic heterocycles. The number of piperidine rings is 2. The first kappa shape index (κ1) is 14.3. The molecular formula is C16H28N2O2. The summed E-state index contributed by atoms with van der Waals surface area (Å²) in [5.74, 6) is 0.728. The molecule has 2 unspecified atom stereocenters. The van der Waals surface area contributed by atoms with E-state index in [0.717, 1.165) is 58.5 Å². The van der Waals surface area contributed by atoms with Crippen LogP contribution in [0.5, 0.6) is 0 Å². The maximum absolute atomic E-state index is 12.7. The summed E-state index contributed by atoms with van der Waals surface area (Å²) in [6.07, 6.45) is 7.05. The highest BCUT2D eigenvalue weighted by Crippen LogP contribution is 2.59. The predicted molar refractivity (Wildman–Crippen MR) is 78.5 cm³/mol. The number of carbonyl (C=O) groups excluding carboxylic acids is 1. The number of amides is 1. The SMILES string of the molecule is CCCOC1CCCN(C(=O)C2CC23CCNCC3)C1. The quantitative estimate of drug-likeness (QED) is 0.853. The van der Waals surface area contributed by atoms with Crippen LogP contribution < -0.4 is 5.32 Å². The second kappa shape index (κ2) is 6.02. The first-order chi connectivity index (χ1) is 9.75. The summed E-state index contributed by atoms with van der Waals surface area (Å²) in [6, 6.07) is 0. The highest BCUT2D eigenvalue weighted by molar-refractivity contribution is 5.83. The van der Waals surface area contributed by atoms with Gasteiger partial charge in [-0.1, -0.05) is 6.92 Å². The third kappa shape index (κ3) is 2.86. The zero-order valence-corrected chi connectivity index (χ0v) is 12.7. The van der Waals surface area contributed by atoms with Crippen molar-refractivity contribution in [3.05, 3.63) is 0 Å². The summed E-state index contributed by atoms with van der Waals surface area (Å²) >= 11 is 0. The Morgan fingerprint density at radius 1 is 1.40 bits per heavy atom. The normalized spacial score (nSPS) is 32.4. The fourth-order valence-electron chi connectivity index (χ4n) is 3.95. The van der Waals surface area contributed by atoms with Gasteiger partial charge in [-0.25, -0.2) is 0 Å². The first-order valence-corrected chi connectivity index (χ1v) is 8.36. The van der Waals surface area contributed by atoms with Crippen molar-refractivity contribution in [2.75, 3.05) is 32.8 Å². The van der Waals surface area contributed by atoms with Crippen molar-refractivity contribution < 1.29 is 9.53 Å². The van der Waals surface area contributed by atoms with Gasteiger partial charge in [-0.05, 0) is 57.0 Å². The minimum absolute atomic E-state index is 0.273. The van der Waals surface area contributed by atoms with E-state index in [9.17, 15) is 4.79 Å². The molecule has 4 heteroatoms. The van der Waals surface area contributed by atoms with Crippen LogP contribution in [0.25, 0.3) is 0 Å². The second-order valence-electron chi connectivity index (χ2n) is 6.79. The van der Waals surface area contributed by atoms with E-state index in [1.807, 2.05) is 0 Å². The summed E-state index contributed by atoms with van der Waals surface area (Å²) in [4.78, 5) is 14.8. The number of nitrogens with zero attached hydrogens (tertiary/aromatic N) is 1. The van der Waals surface area contributed by atoms with Crippen LogP contribution in [-0.2, 0) is 9.53 Å². The van der Waals surface area contributed by atoms with Crippen molar-refractivity contribution >= 4 is 5.91 Å². The Morgan fingerprint density at radius 2 is 2.20 bits per heavy atom. The highest BCUT2D eigenvalue weighted by atomic mass is 16.5. The molecule has 2 saturated heterocycles. The molecule has 0 aromatic carbocycles. The molecule has 0 radical (unpaired) electrons. The Bertz CT molecular complexity index is 352. The lowest BCUT2D eigenvalue weighted by Gasteiger charge is -2.34. The van der Waals surface area contributed by atoms with Gasteiger partial charge < -0.3 is 15.0 Å². The molecule has 0 aromatic rings. The van der Waals surface area contributed by atoms with Gasteiger partial charge in [0.1, 0.15) is 0 Å². The molecule has 114 valence electrons. The van der Waals surface area contributed by atoms with Crippen LogP contribution in [-0.4, -0.2) is 49.7 Å². The Hall–Kier alpha value is -0.610. The molecule has 4 nitrogen and oxygen atoms in total. The van der Waals surface area contributed by atoms with Crippen LogP contribution in [0.2, 0.25) is 0 Å².